The van der Waals surface area contributed by atoms with E-state index in [0.29, 0.717) is 5.57 Å². The van der Waals surface area contributed by atoms with Gasteiger partial charge in [0.1, 0.15) is 11.7 Å². The summed E-state index contributed by atoms with van der Waals surface area (Å²) in [6.45, 7) is 9.05. The van der Waals surface area contributed by atoms with E-state index in [1.165, 1.54) is 12.2 Å². The van der Waals surface area contributed by atoms with Crippen LogP contribution >= 0.6 is 0 Å². The minimum atomic E-state index is -1.49. The zero-order valence-electron chi connectivity index (χ0n) is 11.2. The van der Waals surface area contributed by atoms with E-state index in [9.17, 15) is 20.1 Å². The summed E-state index contributed by atoms with van der Waals surface area (Å²) in [7, 11) is 0. The summed E-state index contributed by atoms with van der Waals surface area (Å²) in [6.07, 6.45) is 1.37. The molecule has 2 fully saturated rings. The zero-order valence-corrected chi connectivity index (χ0v) is 11.2. The lowest BCUT2D eigenvalue weighted by atomic mass is 9.73. The molecule has 3 N–H and O–H groups in total. The molecule has 0 amide bonds. The molecule has 0 aromatic rings. The highest BCUT2D eigenvalue weighted by Gasteiger charge is 2.63. The summed E-state index contributed by atoms with van der Waals surface area (Å²) in [5, 5.41) is 31.7. The Balaban J connectivity index is 2.15. The first-order chi connectivity index (χ1) is 9.18. The Hall–Kier alpha value is -1.43. The number of hydrogen-bond donors (Lipinski definition) is 3. The quantitative estimate of drug-likeness (QED) is 0.332. The number of esters is 1. The van der Waals surface area contributed by atoms with E-state index in [2.05, 4.69) is 13.2 Å². The topological polar surface area (TPSA) is 87.0 Å². The third-order valence-corrected chi connectivity index (χ3v) is 4.81. The van der Waals surface area contributed by atoms with Crippen LogP contribution < -0.4 is 0 Å². The van der Waals surface area contributed by atoms with Crippen LogP contribution in [0.15, 0.2) is 36.5 Å². The molecule has 0 radical (unpaired) electrons. The monoisotopic (exact) mass is 278 g/mol. The van der Waals surface area contributed by atoms with Gasteiger partial charge in [-0.05, 0) is 25.0 Å². The van der Waals surface area contributed by atoms with Gasteiger partial charge in [0, 0.05) is 5.57 Å². The lowest BCUT2D eigenvalue weighted by molar-refractivity contribution is -0.152. The van der Waals surface area contributed by atoms with Gasteiger partial charge in [-0.2, -0.15) is 0 Å². The van der Waals surface area contributed by atoms with Crippen LogP contribution in [0.1, 0.15) is 13.3 Å². The van der Waals surface area contributed by atoms with Gasteiger partial charge in [0.05, 0.1) is 23.5 Å². The molecule has 1 saturated heterocycles. The summed E-state index contributed by atoms with van der Waals surface area (Å²) in [4.78, 5) is 11.7. The molecule has 108 valence electrons. The molecule has 0 unspecified atom stereocenters. The fourth-order valence-electron chi connectivity index (χ4n) is 3.75. The first-order valence-electron chi connectivity index (χ1n) is 6.59. The fourth-order valence-corrected chi connectivity index (χ4v) is 3.75. The second kappa shape index (κ2) is 3.81. The van der Waals surface area contributed by atoms with Gasteiger partial charge in [-0.1, -0.05) is 19.2 Å². The Morgan fingerprint density at radius 1 is 1.35 bits per heavy atom. The summed E-state index contributed by atoms with van der Waals surface area (Å²) >= 11 is 0. The Bertz CT molecular complexity index is 546. The Labute approximate surface area is 116 Å². The highest BCUT2D eigenvalue weighted by Crippen LogP contribution is 2.53. The van der Waals surface area contributed by atoms with Crippen molar-refractivity contribution in [3.8, 4) is 0 Å². The van der Waals surface area contributed by atoms with Crippen LogP contribution in [0.5, 0.6) is 0 Å². The second-order valence-electron chi connectivity index (χ2n) is 6.16. The molecule has 5 heteroatoms. The number of hydrogen-bond acceptors (Lipinski definition) is 5. The van der Waals surface area contributed by atoms with Gasteiger partial charge in [-0.15, -0.1) is 0 Å². The standard InChI is InChI=1S/C15H18O5/c1-7-6-9(16)10-8(2)13(17)20-11(10)12-14(3,18)4-5-15(7,12)19/h4-5,9-12,16,18-19H,1-2,6H2,3H3/t9-,10+,11-,12-,14+,15+/m0/s1. The third kappa shape index (κ3) is 1.51. The minimum Gasteiger partial charge on any atom is -0.458 e. The van der Waals surface area contributed by atoms with Crippen LogP contribution in [0.25, 0.3) is 0 Å². The van der Waals surface area contributed by atoms with E-state index >= 15 is 0 Å². The van der Waals surface area contributed by atoms with Gasteiger partial charge in [0.25, 0.3) is 0 Å². The predicted molar refractivity (Wildman–Crippen MR) is 70.5 cm³/mol. The number of fused-ring (bicyclic) bond motifs is 3. The average Bonchev–Trinajstić information content (AvgIpc) is 2.72. The number of carbonyl (C=O) groups excluding carboxylic acids is 1. The Morgan fingerprint density at radius 2 is 2.00 bits per heavy atom. The van der Waals surface area contributed by atoms with Crippen molar-refractivity contribution in [2.45, 2.75) is 36.8 Å². The first kappa shape index (κ1) is 13.5. The van der Waals surface area contributed by atoms with Gasteiger partial charge in [-0.25, -0.2) is 4.79 Å². The zero-order chi connectivity index (χ0) is 14.9. The van der Waals surface area contributed by atoms with Crippen molar-refractivity contribution < 1.29 is 24.9 Å². The Kier molecular flexibility index (Phi) is 2.58. The minimum absolute atomic E-state index is 0.129. The van der Waals surface area contributed by atoms with Gasteiger partial charge in [-0.3, -0.25) is 0 Å². The summed E-state index contributed by atoms with van der Waals surface area (Å²) < 4.78 is 5.29. The van der Waals surface area contributed by atoms with Gasteiger partial charge in [0.2, 0.25) is 0 Å². The van der Waals surface area contributed by atoms with Gasteiger partial charge >= 0.3 is 5.97 Å². The smallest absolute Gasteiger partial charge is 0.334 e. The van der Waals surface area contributed by atoms with Crippen molar-refractivity contribution in [2.75, 3.05) is 0 Å². The van der Waals surface area contributed by atoms with E-state index in [4.69, 9.17) is 4.74 Å². The van der Waals surface area contributed by atoms with Gasteiger partial charge in [0.15, 0.2) is 0 Å². The Morgan fingerprint density at radius 3 is 2.65 bits per heavy atom. The van der Waals surface area contributed by atoms with Crippen molar-refractivity contribution in [1.29, 1.82) is 0 Å². The number of rotatable bonds is 0. The first-order valence-corrected chi connectivity index (χ1v) is 6.59. The number of aliphatic hydroxyl groups excluding tert-OH is 1. The van der Waals surface area contributed by atoms with Crippen molar-refractivity contribution in [3.05, 3.63) is 36.5 Å². The maximum atomic E-state index is 11.7. The molecule has 5 nitrogen and oxygen atoms in total. The molecular weight excluding hydrogens is 260 g/mol. The maximum absolute atomic E-state index is 11.7. The van der Waals surface area contributed by atoms with Crippen LogP contribution in [0, 0.1) is 11.8 Å². The molecule has 1 saturated carbocycles. The van der Waals surface area contributed by atoms with E-state index in [0.717, 1.165) is 0 Å². The number of aliphatic hydroxyl groups is 3. The molecule has 6 atom stereocenters. The molecule has 2 aliphatic carbocycles. The molecule has 3 rings (SSSR count). The van der Waals surface area contributed by atoms with E-state index < -0.39 is 41.2 Å². The lowest BCUT2D eigenvalue weighted by Gasteiger charge is -2.38. The molecule has 0 aromatic carbocycles. The van der Waals surface area contributed by atoms with Crippen LogP contribution in [0.2, 0.25) is 0 Å². The largest absolute Gasteiger partial charge is 0.458 e. The lowest BCUT2D eigenvalue weighted by Crippen LogP contribution is -2.51. The van der Waals surface area contributed by atoms with Crippen LogP contribution in [-0.2, 0) is 9.53 Å². The maximum Gasteiger partial charge on any atom is 0.334 e. The second-order valence-corrected chi connectivity index (χ2v) is 6.16. The number of ether oxygens (including phenoxy) is 1. The van der Waals surface area contributed by atoms with Crippen LogP contribution in [0.4, 0.5) is 0 Å². The molecule has 0 bridgehead atoms. The summed E-state index contributed by atoms with van der Waals surface area (Å²) in [5.41, 5.74) is -2.26. The molecule has 1 heterocycles. The van der Waals surface area contributed by atoms with E-state index in [1.807, 2.05) is 0 Å². The van der Waals surface area contributed by atoms with Crippen molar-refractivity contribution in [3.63, 3.8) is 0 Å². The SMILES string of the molecule is C=C1C(=O)O[C@H]2[C@H]1[C@@H](O)CC(=C)[C@]1(O)C=C[C@@](C)(O)[C@H]21. The van der Waals surface area contributed by atoms with Crippen molar-refractivity contribution in [1.82, 2.24) is 0 Å². The number of carbonyl (C=O) groups is 1. The molecular formula is C15H18O5. The highest BCUT2D eigenvalue weighted by atomic mass is 16.6. The summed E-state index contributed by atoms with van der Waals surface area (Å²) in [6, 6.07) is 0. The average molecular weight is 278 g/mol. The molecule has 0 aromatic heterocycles. The van der Waals surface area contributed by atoms with Crippen molar-refractivity contribution >= 4 is 5.97 Å². The van der Waals surface area contributed by atoms with Crippen LogP contribution in [0.3, 0.4) is 0 Å². The van der Waals surface area contributed by atoms with Crippen LogP contribution in [-0.4, -0.2) is 44.7 Å². The molecule has 1 aliphatic heterocycles. The van der Waals surface area contributed by atoms with Crippen molar-refractivity contribution in [2.24, 2.45) is 11.8 Å². The van der Waals surface area contributed by atoms with Gasteiger partial charge < -0.3 is 20.1 Å². The van der Waals surface area contributed by atoms with E-state index in [1.54, 1.807) is 6.92 Å². The fraction of sp³-hybridized carbons (Fsp3) is 0.533. The molecule has 3 aliphatic rings. The van der Waals surface area contributed by atoms with E-state index in [-0.39, 0.29) is 12.0 Å². The molecule has 0 spiro atoms. The third-order valence-electron chi connectivity index (χ3n) is 4.81. The molecule has 20 heavy (non-hydrogen) atoms. The highest BCUT2D eigenvalue weighted by molar-refractivity contribution is 5.91. The summed E-state index contributed by atoms with van der Waals surface area (Å²) in [5.74, 6) is -2.02. The predicted octanol–water partition coefficient (Wildman–Crippen LogP) is 0.0731. The normalized spacial score (nSPS) is 50.7.